The summed E-state index contributed by atoms with van der Waals surface area (Å²) in [4.78, 5) is 11.5. The first kappa shape index (κ1) is 14.7. The molecule has 0 bridgehead atoms. The van der Waals surface area contributed by atoms with Gasteiger partial charge in [0.15, 0.2) is 9.84 Å². The van der Waals surface area contributed by atoms with Crippen molar-refractivity contribution in [3.05, 3.63) is 52.5 Å². The van der Waals surface area contributed by atoms with Gasteiger partial charge in [0.2, 0.25) is 5.91 Å². The Kier molecular flexibility index (Phi) is 3.96. The van der Waals surface area contributed by atoms with E-state index in [0.29, 0.717) is 5.56 Å². The van der Waals surface area contributed by atoms with Gasteiger partial charge in [0.05, 0.1) is 4.90 Å². The Hall–Kier alpha value is -1.66. The number of sulfone groups is 1. The second-order valence-electron chi connectivity index (χ2n) is 4.39. The molecular weight excluding hydrogens is 342 g/mol. The second kappa shape index (κ2) is 5.38. The van der Waals surface area contributed by atoms with Gasteiger partial charge in [-0.25, -0.2) is 8.42 Å². The van der Waals surface area contributed by atoms with E-state index in [1.807, 2.05) is 6.07 Å². The molecular formula is C14H12BrNO3S. The highest BCUT2D eigenvalue weighted by Gasteiger charge is 2.09. The zero-order chi connectivity index (χ0) is 14.9. The first-order chi connectivity index (χ1) is 9.27. The van der Waals surface area contributed by atoms with Crippen LogP contribution in [-0.2, 0) is 9.84 Å². The molecule has 0 unspecified atom stereocenters. The Labute approximate surface area is 125 Å². The van der Waals surface area contributed by atoms with Crippen LogP contribution in [-0.4, -0.2) is 20.6 Å². The average molecular weight is 354 g/mol. The molecule has 0 aliphatic heterocycles. The number of hydrogen-bond donors (Lipinski definition) is 1. The highest BCUT2D eigenvalue weighted by Crippen LogP contribution is 2.26. The van der Waals surface area contributed by atoms with Crippen molar-refractivity contribution in [1.29, 1.82) is 0 Å². The number of nitrogens with two attached hydrogens (primary N) is 1. The molecule has 2 aromatic rings. The van der Waals surface area contributed by atoms with Crippen molar-refractivity contribution in [2.24, 2.45) is 5.73 Å². The molecule has 0 aliphatic carbocycles. The first-order valence-electron chi connectivity index (χ1n) is 5.68. The topological polar surface area (TPSA) is 77.2 Å². The summed E-state index contributed by atoms with van der Waals surface area (Å²) in [5.41, 5.74) is 7.25. The summed E-state index contributed by atoms with van der Waals surface area (Å²) in [6, 6.07) is 11.6. The van der Waals surface area contributed by atoms with E-state index >= 15 is 0 Å². The minimum Gasteiger partial charge on any atom is -0.366 e. The number of carbonyl (C=O) groups excluding carboxylic acids is 1. The van der Waals surface area contributed by atoms with Gasteiger partial charge in [-0.1, -0.05) is 28.1 Å². The molecule has 0 atom stereocenters. The summed E-state index contributed by atoms with van der Waals surface area (Å²) < 4.78 is 23.6. The Morgan fingerprint density at radius 3 is 2.15 bits per heavy atom. The van der Waals surface area contributed by atoms with E-state index in [9.17, 15) is 13.2 Å². The maximum absolute atomic E-state index is 11.4. The number of primary amides is 1. The van der Waals surface area contributed by atoms with Crippen molar-refractivity contribution >= 4 is 31.7 Å². The van der Waals surface area contributed by atoms with Crippen molar-refractivity contribution < 1.29 is 13.2 Å². The maximum atomic E-state index is 11.4. The van der Waals surface area contributed by atoms with E-state index in [0.717, 1.165) is 21.9 Å². The smallest absolute Gasteiger partial charge is 0.248 e. The molecule has 104 valence electrons. The highest BCUT2D eigenvalue weighted by molar-refractivity contribution is 9.10. The first-order valence-corrected chi connectivity index (χ1v) is 8.37. The quantitative estimate of drug-likeness (QED) is 0.921. The average Bonchev–Trinajstić information content (AvgIpc) is 2.37. The number of benzene rings is 2. The molecule has 20 heavy (non-hydrogen) atoms. The third-order valence-electron chi connectivity index (χ3n) is 2.80. The zero-order valence-electron chi connectivity index (χ0n) is 10.6. The molecule has 0 aromatic heterocycles. The second-order valence-corrected chi connectivity index (χ2v) is 7.32. The molecule has 0 radical (unpaired) electrons. The highest BCUT2D eigenvalue weighted by atomic mass is 79.9. The Balaban J connectivity index is 2.49. The summed E-state index contributed by atoms with van der Waals surface area (Å²) >= 11 is 3.32. The van der Waals surface area contributed by atoms with Crippen LogP contribution in [0.2, 0.25) is 0 Å². The van der Waals surface area contributed by atoms with Crippen LogP contribution in [0.3, 0.4) is 0 Å². The molecule has 0 saturated heterocycles. The minimum atomic E-state index is -3.21. The van der Waals surface area contributed by atoms with E-state index in [1.165, 1.54) is 12.1 Å². The van der Waals surface area contributed by atoms with Crippen molar-refractivity contribution in [2.45, 2.75) is 4.90 Å². The molecule has 0 aliphatic rings. The number of rotatable bonds is 3. The van der Waals surface area contributed by atoms with Gasteiger partial charge in [0.1, 0.15) is 0 Å². The fraction of sp³-hybridized carbons (Fsp3) is 0.0714. The summed E-state index contributed by atoms with van der Waals surface area (Å²) in [6.07, 6.45) is 1.16. The molecule has 6 heteroatoms. The maximum Gasteiger partial charge on any atom is 0.248 e. The van der Waals surface area contributed by atoms with Crippen molar-refractivity contribution in [3.63, 3.8) is 0 Å². The lowest BCUT2D eigenvalue weighted by Crippen LogP contribution is -2.10. The number of carbonyl (C=O) groups is 1. The standard InChI is InChI=1S/C14H12BrNO3S/c1-20(18,19)13-4-2-9(3-5-13)10-6-11(14(16)17)8-12(15)7-10/h2-8H,1H3,(H2,16,17). The van der Waals surface area contributed by atoms with Crippen molar-refractivity contribution in [3.8, 4) is 11.1 Å². The fourth-order valence-corrected chi connectivity index (χ4v) is 2.92. The van der Waals surface area contributed by atoms with Gasteiger partial charge in [-0.15, -0.1) is 0 Å². The lowest BCUT2D eigenvalue weighted by atomic mass is 10.0. The number of hydrogen-bond acceptors (Lipinski definition) is 3. The normalized spacial score (nSPS) is 11.3. The minimum absolute atomic E-state index is 0.256. The van der Waals surface area contributed by atoms with Gasteiger partial charge in [-0.2, -0.15) is 0 Å². The van der Waals surface area contributed by atoms with E-state index < -0.39 is 15.7 Å². The SMILES string of the molecule is CS(=O)(=O)c1ccc(-c2cc(Br)cc(C(N)=O)c2)cc1. The van der Waals surface area contributed by atoms with Crippen LogP contribution < -0.4 is 5.73 Å². The molecule has 0 spiro atoms. The number of halogens is 1. The molecule has 2 N–H and O–H groups in total. The lowest BCUT2D eigenvalue weighted by molar-refractivity contribution is 0.1000. The number of amides is 1. The van der Waals surface area contributed by atoms with E-state index in [4.69, 9.17) is 5.73 Å². The fourth-order valence-electron chi connectivity index (χ4n) is 1.79. The predicted octanol–water partition coefficient (Wildman–Crippen LogP) is 2.62. The van der Waals surface area contributed by atoms with Crippen LogP contribution in [0.5, 0.6) is 0 Å². The lowest BCUT2D eigenvalue weighted by Gasteiger charge is -2.06. The third kappa shape index (κ3) is 3.26. The van der Waals surface area contributed by atoms with E-state index in [1.54, 1.807) is 24.3 Å². The van der Waals surface area contributed by atoms with E-state index in [-0.39, 0.29) is 4.90 Å². The van der Waals surface area contributed by atoms with Gasteiger partial charge in [0, 0.05) is 16.3 Å². The van der Waals surface area contributed by atoms with Gasteiger partial charge in [-0.05, 0) is 41.5 Å². The van der Waals surface area contributed by atoms with Crippen molar-refractivity contribution in [2.75, 3.05) is 6.26 Å². The van der Waals surface area contributed by atoms with Gasteiger partial charge in [-0.3, -0.25) is 4.79 Å². The van der Waals surface area contributed by atoms with Gasteiger partial charge < -0.3 is 5.73 Å². The monoisotopic (exact) mass is 353 g/mol. The molecule has 2 aromatic carbocycles. The Bertz CT molecular complexity index is 768. The molecule has 0 heterocycles. The van der Waals surface area contributed by atoms with Gasteiger partial charge in [0.25, 0.3) is 0 Å². The van der Waals surface area contributed by atoms with Crippen LogP contribution >= 0.6 is 15.9 Å². The van der Waals surface area contributed by atoms with Crippen LogP contribution in [0.4, 0.5) is 0 Å². The Morgan fingerprint density at radius 1 is 1.05 bits per heavy atom. The molecule has 1 amide bonds. The Morgan fingerprint density at radius 2 is 1.65 bits per heavy atom. The zero-order valence-corrected chi connectivity index (χ0v) is 13.0. The summed E-state index contributed by atoms with van der Waals surface area (Å²) in [7, 11) is -3.21. The van der Waals surface area contributed by atoms with E-state index in [2.05, 4.69) is 15.9 Å². The summed E-state index contributed by atoms with van der Waals surface area (Å²) in [5.74, 6) is -0.514. The van der Waals surface area contributed by atoms with Crippen molar-refractivity contribution in [1.82, 2.24) is 0 Å². The molecule has 0 saturated carbocycles. The predicted molar refractivity (Wildman–Crippen MR) is 81.2 cm³/mol. The van der Waals surface area contributed by atoms with Gasteiger partial charge >= 0.3 is 0 Å². The van der Waals surface area contributed by atoms with Crippen LogP contribution in [0.1, 0.15) is 10.4 Å². The third-order valence-corrected chi connectivity index (χ3v) is 4.38. The summed E-state index contributed by atoms with van der Waals surface area (Å²) in [6.45, 7) is 0. The summed E-state index contributed by atoms with van der Waals surface area (Å²) in [5, 5.41) is 0. The molecule has 4 nitrogen and oxygen atoms in total. The van der Waals surface area contributed by atoms with Crippen LogP contribution in [0.25, 0.3) is 11.1 Å². The molecule has 0 fully saturated rings. The molecule has 2 rings (SSSR count). The largest absolute Gasteiger partial charge is 0.366 e. The van der Waals surface area contributed by atoms with Crippen LogP contribution in [0, 0.1) is 0 Å². The van der Waals surface area contributed by atoms with Crippen LogP contribution in [0.15, 0.2) is 51.8 Å².